The zero-order valence-electron chi connectivity index (χ0n) is 10.2. The summed E-state index contributed by atoms with van der Waals surface area (Å²) in [7, 11) is 0. The average Bonchev–Trinajstić information content (AvgIpc) is 2.99. The van der Waals surface area contributed by atoms with Gasteiger partial charge in [0.05, 0.1) is 6.61 Å². The molecule has 3 aliphatic heterocycles. The number of imide groups is 1. The lowest BCUT2D eigenvalue weighted by Crippen LogP contribution is -2.50. The molecular formula is C11H17N3O3S. The van der Waals surface area contributed by atoms with Crippen molar-refractivity contribution in [2.45, 2.75) is 17.8 Å². The van der Waals surface area contributed by atoms with Crippen LogP contribution >= 0.6 is 11.8 Å². The first kappa shape index (κ1) is 12.1. The lowest BCUT2D eigenvalue weighted by atomic mass is 10.1. The quantitative estimate of drug-likeness (QED) is 0.704. The van der Waals surface area contributed by atoms with E-state index in [0.717, 1.165) is 25.2 Å². The Morgan fingerprint density at radius 2 is 2.11 bits per heavy atom. The Hall–Kier alpha value is -0.950. The molecule has 3 heterocycles. The fraction of sp³-hybridized carbons (Fsp3) is 0.818. The Labute approximate surface area is 110 Å². The van der Waals surface area contributed by atoms with Gasteiger partial charge in [-0.05, 0) is 0 Å². The minimum absolute atomic E-state index is 0.0654. The molecule has 0 atom stereocenters. The van der Waals surface area contributed by atoms with Crippen molar-refractivity contribution >= 4 is 23.8 Å². The van der Waals surface area contributed by atoms with E-state index in [9.17, 15) is 9.59 Å². The van der Waals surface area contributed by atoms with Crippen molar-refractivity contribution < 1.29 is 14.3 Å². The van der Waals surface area contributed by atoms with E-state index < -0.39 is 0 Å². The molecule has 18 heavy (non-hydrogen) atoms. The summed E-state index contributed by atoms with van der Waals surface area (Å²) in [6.45, 7) is 3.20. The highest BCUT2D eigenvalue weighted by Gasteiger charge is 2.41. The van der Waals surface area contributed by atoms with Gasteiger partial charge in [-0.2, -0.15) is 0 Å². The molecule has 3 saturated heterocycles. The number of carbonyl (C=O) groups excluding carboxylic acids is 2. The number of hydrogen-bond acceptors (Lipinski definition) is 4. The number of urea groups is 2. The summed E-state index contributed by atoms with van der Waals surface area (Å²) in [5, 5.41) is 2.65. The smallest absolute Gasteiger partial charge is 0.328 e. The van der Waals surface area contributed by atoms with Crippen LogP contribution in [0.15, 0.2) is 0 Å². The Bertz CT molecular complexity index is 361. The number of rotatable bonds is 0. The highest BCUT2D eigenvalue weighted by Crippen LogP contribution is 2.41. The molecule has 6 nitrogen and oxygen atoms in total. The van der Waals surface area contributed by atoms with Crippen molar-refractivity contribution in [2.24, 2.45) is 0 Å². The predicted molar refractivity (Wildman–Crippen MR) is 67.4 cm³/mol. The summed E-state index contributed by atoms with van der Waals surface area (Å²) in [5.41, 5.74) is 0. The van der Waals surface area contributed by atoms with Gasteiger partial charge >= 0.3 is 12.1 Å². The summed E-state index contributed by atoms with van der Waals surface area (Å²) in [4.78, 5) is 26.6. The van der Waals surface area contributed by atoms with Gasteiger partial charge in [0.25, 0.3) is 0 Å². The van der Waals surface area contributed by atoms with Crippen molar-refractivity contribution in [3.8, 4) is 0 Å². The van der Waals surface area contributed by atoms with Crippen LogP contribution in [0.5, 0.6) is 0 Å². The van der Waals surface area contributed by atoms with E-state index in [1.165, 1.54) is 4.90 Å². The van der Waals surface area contributed by atoms with Gasteiger partial charge in [0.15, 0.2) is 0 Å². The van der Waals surface area contributed by atoms with Crippen LogP contribution in [0.1, 0.15) is 12.8 Å². The van der Waals surface area contributed by atoms with E-state index in [2.05, 4.69) is 5.32 Å². The van der Waals surface area contributed by atoms with Crippen LogP contribution in [-0.4, -0.2) is 65.3 Å². The number of nitrogens with one attached hydrogen (secondary N) is 1. The number of nitrogens with zero attached hydrogens (tertiary/aromatic N) is 2. The van der Waals surface area contributed by atoms with Crippen LogP contribution in [0, 0.1) is 0 Å². The van der Waals surface area contributed by atoms with Gasteiger partial charge in [-0.25, -0.2) is 14.5 Å². The zero-order valence-corrected chi connectivity index (χ0v) is 11.0. The van der Waals surface area contributed by atoms with E-state index in [0.29, 0.717) is 26.2 Å². The maximum Gasteiger partial charge on any atom is 0.328 e. The highest BCUT2D eigenvalue weighted by molar-refractivity contribution is 8.00. The molecule has 4 amide bonds. The second-order valence-corrected chi connectivity index (χ2v) is 6.20. The molecule has 1 spiro atoms. The largest absolute Gasteiger partial charge is 0.363 e. The van der Waals surface area contributed by atoms with Crippen LogP contribution in [0.3, 0.4) is 0 Å². The van der Waals surface area contributed by atoms with E-state index in [1.807, 2.05) is 11.8 Å². The van der Waals surface area contributed by atoms with Crippen molar-refractivity contribution in [1.29, 1.82) is 0 Å². The lowest BCUT2D eigenvalue weighted by Gasteiger charge is -2.38. The third-order valence-corrected chi connectivity index (χ3v) is 5.12. The minimum Gasteiger partial charge on any atom is -0.363 e. The molecule has 3 aliphatic rings. The Kier molecular flexibility index (Phi) is 3.11. The molecule has 0 radical (unpaired) electrons. The fourth-order valence-corrected chi connectivity index (χ4v) is 3.83. The molecule has 0 unspecified atom stereocenters. The summed E-state index contributed by atoms with van der Waals surface area (Å²) < 4.78 is 5.79. The van der Waals surface area contributed by atoms with Crippen molar-refractivity contribution in [1.82, 2.24) is 15.1 Å². The van der Waals surface area contributed by atoms with Gasteiger partial charge in [0, 0.05) is 44.8 Å². The number of ether oxygens (including phenoxy) is 1. The molecule has 1 N–H and O–H groups in total. The minimum atomic E-state index is -0.272. The van der Waals surface area contributed by atoms with Crippen molar-refractivity contribution in [3.63, 3.8) is 0 Å². The third kappa shape index (κ3) is 2.05. The second kappa shape index (κ2) is 4.62. The number of thioether (sulfide) groups is 1. The number of amides is 4. The SMILES string of the molecule is O=C1NCCN1C(=O)N1CCC2(CC1)OCCS2. The van der Waals surface area contributed by atoms with E-state index >= 15 is 0 Å². The molecule has 0 aromatic rings. The molecule has 0 saturated carbocycles. The second-order valence-electron chi connectivity index (χ2n) is 4.76. The van der Waals surface area contributed by atoms with Crippen molar-refractivity contribution in [2.75, 3.05) is 38.5 Å². The Morgan fingerprint density at radius 1 is 1.33 bits per heavy atom. The molecular weight excluding hydrogens is 254 g/mol. The third-order valence-electron chi connectivity index (χ3n) is 3.70. The molecule has 100 valence electrons. The van der Waals surface area contributed by atoms with E-state index in [-0.39, 0.29) is 17.0 Å². The van der Waals surface area contributed by atoms with Gasteiger partial charge in [-0.1, -0.05) is 0 Å². The van der Waals surface area contributed by atoms with Crippen LogP contribution in [-0.2, 0) is 4.74 Å². The predicted octanol–water partition coefficient (Wildman–Crippen LogP) is 0.687. The van der Waals surface area contributed by atoms with Crippen LogP contribution < -0.4 is 5.32 Å². The molecule has 0 aromatic carbocycles. The first-order chi connectivity index (χ1) is 8.70. The number of piperidine rings is 1. The zero-order chi connectivity index (χ0) is 12.6. The van der Waals surface area contributed by atoms with Gasteiger partial charge in [-0.15, -0.1) is 11.8 Å². The van der Waals surface area contributed by atoms with Crippen LogP contribution in [0.4, 0.5) is 9.59 Å². The molecule has 0 aromatic heterocycles. The standard InChI is InChI=1S/C11H17N3O3S/c15-9-12-3-6-14(9)10(16)13-4-1-11(2-5-13)17-7-8-18-11/h1-8H2,(H,12,15). The Morgan fingerprint density at radius 3 is 2.67 bits per heavy atom. The number of carbonyl (C=O) groups is 2. The molecule has 3 fully saturated rings. The molecule has 0 bridgehead atoms. The topological polar surface area (TPSA) is 61.9 Å². The van der Waals surface area contributed by atoms with E-state index in [4.69, 9.17) is 4.74 Å². The van der Waals surface area contributed by atoms with Gasteiger partial charge in [0.2, 0.25) is 0 Å². The molecule has 3 rings (SSSR count). The molecule has 0 aliphatic carbocycles. The summed E-state index contributed by atoms with van der Waals surface area (Å²) in [5.74, 6) is 1.04. The van der Waals surface area contributed by atoms with Crippen LogP contribution in [0.25, 0.3) is 0 Å². The van der Waals surface area contributed by atoms with Gasteiger partial charge in [-0.3, -0.25) is 0 Å². The Balaban J connectivity index is 1.59. The first-order valence-electron chi connectivity index (χ1n) is 6.32. The van der Waals surface area contributed by atoms with Crippen molar-refractivity contribution in [3.05, 3.63) is 0 Å². The maximum absolute atomic E-state index is 12.2. The normalized spacial score (nSPS) is 26.8. The lowest BCUT2D eigenvalue weighted by molar-refractivity contribution is 0.00757. The number of hydrogen-bond donors (Lipinski definition) is 1. The van der Waals surface area contributed by atoms with Crippen LogP contribution in [0.2, 0.25) is 0 Å². The average molecular weight is 271 g/mol. The first-order valence-corrected chi connectivity index (χ1v) is 7.31. The summed E-state index contributed by atoms with van der Waals surface area (Å²) in [6.07, 6.45) is 1.72. The summed E-state index contributed by atoms with van der Waals surface area (Å²) in [6, 6.07) is -0.436. The van der Waals surface area contributed by atoms with Gasteiger partial charge < -0.3 is 15.0 Å². The summed E-state index contributed by atoms with van der Waals surface area (Å²) >= 11 is 1.86. The monoisotopic (exact) mass is 271 g/mol. The van der Waals surface area contributed by atoms with E-state index in [1.54, 1.807) is 4.90 Å². The van der Waals surface area contributed by atoms with Gasteiger partial charge in [0.1, 0.15) is 4.93 Å². The number of likely N-dealkylation sites (tertiary alicyclic amines) is 1. The molecule has 7 heteroatoms. The fourth-order valence-electron chi connectivity index (χ4n) is 2.65. The highest BCUT2D eigenvalue weighted by atomic mass is 32.2. The maximum atomic E-state index is 12.2.